The van der Waals surface area contributed by atoms with Crippen molar-refractivity contribution < 1.29 is 22.7 Å². The van der Waals surface area contributed by atoms with E-state index in [0.717, 1.165) is 35.4 Å². The minimum atomic E-state index is -4.35. The Morgan fingerprint density at radius 2 is 1.80 bits per heavy atom. The first kappa shape index (κ1) is 17.3. The number of ether oxygens (including phenoxy) is 1. The second kappa shape index (κ2) is 6.78. The molecular formula is C19H18F3NO2. The highest BCUT2D eigenvalue weighted by Crippen LogP contribution is 2.29. The fourth-order valence-electron chi connectivity index (χ4n) is 2.82. The van der Waals surface area contributed by atoms with E-state index in [1.54, 1.807) is 7.05 Å². The topological polar surface area (TPSA) is 29.5 Å². The number of amides is 1. The molecule has 1 heterocycles. The van der Waals surface area contributed by atoms with Crippen molar-refractivity contribution in [2.75, 3.05) is 13.7 Å². The molecule has 25 heavy (non-hydrogen) atoms. The van der Waals surface area contributed by atoms with Gasteiger partial charge in [0.15, 0.2) is 0 Å². The van der Waals surface area contributed by atoms with Crippen LogP contribution in [0.25, 0.3) is 0 Å². The Labute approximate surface area is 144 Å². The maximum absolute atomic E-state index is 12.6. The molecule has 2 aromatic carbocycles. The number of fused-ring (bicyclic) bond motifs is 1. The predicted octanol–water partition coefficient (Wildman–Crippen LogP) is 3.84. The van der Waals surface area contributed by atoms with E-state index in [4.69, 9.17) is 4.74 Å². The van der Waals surface area contributed by atoms with E-state index in [-0.39, 0.29) is 18.9 Å². The molecule has 0 saturated heterocycles. The molecule has 0 N–H and O–H groups in total. The van der Waals surface area contributed by atoms with Crippen LogP contribution < -0.4 is 4.74 Å². The molecule has 0 saturated carbocycles. The number of benzene rings is 2. The number of rotatable bonds is 4. The van der Waals surface area contributed by atoms with Gasteiger partial charge in [0.25, 0.3) is 0 Å². The van der Waals surface area contributed by atoms with Crippen molar-refractivity contribution in [1.29, 1.82) is 0 Å². The molecule has 6 heteroatoms. The minimum Gasteiger partial charge on any atom is -0.493 e. The van der Waals surface area contributed by atoms with E-state index in [9.17, 15) is 18.0 Å². The number of halogens is 3. The first-order valence-electron chi connectivity index (χ1n) is 7.97. The summed E-state index contributed by atoms with van der Waals surface area (Å²) in [5, 5.41) is 0. The molecule has 0 fully saturated rings. The zero-order valence-electron chi connectivity index (χ0n) is 13.8. The SMILES string of the molecule is CN(Cc1ccc(C(F)(F)F)cc1)C(=O)Cc1ccc2c(c1)CCO2. The van der Waals surface area contributed by atoms with Gasteiger partial charge in [0.1, 0.15) is 5.75 Å². The Balaban J connectivity index is 1.61. The number of hydrogen-bond acceptors (Lipinski definition) is 2. The van der Waals surface area contributed by atoms with Crippen LogP contribution >= 0.6 is 0 Å². The molecule has 3 nitrogen and oxygen atoms in total. The van der Waals surface area contributed by atoms with Crippen LogP contribution in [0.5, 0.6) is 5.75 Å². The number of carbonyl (C=O) groups excluding carboxylic acids is 1. The van der Waals surface area contributed by atoms with Gasteiger partial charge in [-0.15, -0.1) is 0 Å². The first-order chi connectivity index (χ1) is 11.8. The number of hydrogen-bond donors (Lipinski definition) is 0. The summed E-state index contributed by atoms with van der Waals surface area (Å²) in [4.78, 5) is 13.9. The zero-order chi connectivity index (χ0) is 18.0. The lowest BCUT2D eigenvalue weighted by molar-refractivity contribution is -0.137. The Morgan fingerprint density at radius 3 is 2.48 bits per heavy atom. The molecule has 1 aliphatic rings. The van der Waals surface area contributed by atoms with Gasteiger partial charge in [0.05, 0.1) is 18.6 Å². The van der Waals surface area contributed by atoms with Crippen LogP contribution in [0.2, 0.25) is 0 Å². The van der Waals surface area contributed by atoms with Crippen LogP contribution in [0.1, 0.15) is 22.3 Å². The van der Waals surface area contributed by atoms with E-state index in [2.05, 4.69) is 0 Å². The van der Waals surface area contributed by atoms with Gasteiger partial charge in [-0.2, -0.15) is 13.2 Å². The number of likely N-dealkylation sites (N-methyl/N-ethyl adjacent to an activating group) is 1. The van der Waals surface area contributed by atoms with E-state index in [0.29, 0.717) is 12.2 Å². The molecule has 0 spiro atoms. The molecule has 132 valence electrons. The standard InChI is InChI=1S/C19H18F3NO2/c1-23(12-13-2-5-16(6-3-13)19(20,21)22)18(24)11-14-4-7-17-15(10-14)8-9-25-17/h2-7,10H,8-9,11-12H2,1H3. The fourth-order valence-corrected chi connectivity index (χ4v) is 2.82. The van der Waals surface area contributed by atoms with Crippen molar-refractivity contribution in [2.45, 2.75) is 25.6 Å². The Bertz CT molecular complexity index is 769. The van der Waals surface area contributed by atoms with E-state index in [1.165, 1.54) is 17.0 Å². The molecule has 2 aromatic rings. The second-order valence-corrected chi connectivity index (χ2v) is 6.16. The lowest BCUT2D eigenvalue weighted by atomic mass is 10.1. The van der Waals surface area contributed by atoms with Gasteiger partial charge >= 0.3 is 6.18 Å². The highest BCUT2D eigenvalue weighted by atomic mass is 19.4. The molecular weight excluding hydrogens is 331 g/mol. The smallest absolute Gasteiger partial charge is 0.416 e. The lowest BCUT2D eigenvalue weighted by Gasteiger charge is -2.18. The first-order valence-corrected chi connectivity index (χ1v) is 7.97. The molecule has 0 bridgehead atoms. The lowest BCUT2D eigenvalue weighted by Crippen LogP contribution is -2.27. The van der Waals surface area contributed by atoms with Crippen molar-refractivity contribution in [3.05, 3.63) is 64.7 Å². The third-order valence-corrected chi connectivity index (χ3v) is 4.24. The summed E-state index contributed by atoms with van der Waals surface area (Å²) in [6, 6.07) is 10.6. The van der Waals surface area contributed by atoms with Gasteiger partial charge in [0.2, 0.25) is 5.91 Å². The monoisotopic (exact) mass is 349 g/mol. The number of nitrogens with zero attached hydrogens (tertiary/aromatic N) is 1. The molecule has 0 unspecified atom stereocenters. The van der Waals surface area contributed by atoms with E-state index >= 15 is 0 Å². The van der Waals surface area contributed by atoms with E-state index < -0.39 is 11.7 Å². The van der Waals surface area contributed by atoms with Crippen LogP contribution in [0.15, 0.2) is 42.5 Å². The third kappa shape index (κ3) is 4.13. The largest absolute Gasteiger partial charge is 0.493 e. The van der Waals surface area contributed by atoms with Gasteiger partial charge in [-0.25, -0.2) is 0 Å². The molecule has 1 aliphatic heterocycles. The van der Waals surface area contributed by atoms with Gasteiger partial charge in [-0.3, -0.25) is 4.79 Å². The molecule has 3 rings (SSSR count). The molecule has 1 amide bonds. The van der Waals surface area contributed by atoms with E-state index in [1.807, 2.05) is 18.2 Å². The summed E-state index contributed by atoms with van der Waals surface area (Å²) in [5.74, 6) is 0.785. The Hall–Kier alpha value is -2.50. The highest BCUT2D eigenvalue weighted by Gasteiger charge is 2.30. The highest BCUT2D eigenvalue weighted by molar-refractivity contribution is 5.78. The number of carbonyl (C=O) groups is 1. The summed E-state index contributed by atoms with van der Waals surface area (Å²) in [7, 11) is 1.65. The molecule has 0 aliphatic carbocycles. The summed E-state index contributed by atoms with van der Waals surface area (Å²) in [6.07, 6.45) is -3.25. The van der Waals surface area contributed by atoms with Crippen LogP contribution in [0.3, 0.4) is 0 Å². The maximum atomic E-state index is 12.6. The Morgan fingerprint density at radius 1 is 1.12 bits per heavy atom. The van der Waals surface area contributed by atoms with Gasteiger partial charge < -0.3 is 9.64 Å². The van der Waals surface area contributed by atoms with Crippen LogP contribution in [-0.2, 0) is 30.4 Å². The van der Waals surface area contributed by atoms with Gasteiger partial charge in [0, 0.05) is 20.0 Å². The van der Waals surface area contributed by atoms with Crippen LogP contribution in [0, 0.1) is 0 Å². The maximum Gasteiger partial charge on any atom is 0.416 e. The molecule has 0 atom stereocenters. The average molecular weight is 349 g/mol. The van der Waals surface area contributed by atoms with Crippen molar-refractivity contribution in [3.8, 4) is 5.75 Å². The van der Waals surface area contributed by atoms with Crippen LogP contribution in [0.4, 0.5) is 13.2 Å². The minimum absolute atomic E-state index is 0.0845. The van der Waals surface area contributed by atoms with Crippen molar-refractivity contribution >= 4 is 5.91 Å². The normalized spacial score (nSPS) is 13.3. The van der Waals surface area contributed by atoms with Gasteiger partial charge in [-0.1, -0.05) is 24.3 Å². The predicted molar refractivity (Wildman–Crippen MR) is 87.3 cm³/mol. The summed E-state index contributed by atoms with van der Waals surface area (Å²) in [5.41, 5.74) is 1.99. The third-order valence-electron chi connectivity index (χ3n) is 4.24. The summed E-state index contributed by atoms with van der Waals surface area (Å²) >= 11 is 0. The summed E-state index contributed by atoms with van der Waals surface area (Å²) < 4.78 is 43.2. The number of alkyl halides is 3. The van der Waals surface area contributed by atoms with Crippen molar-refractivity contribution in [3.63, 3.8) is 0 Å². The zero-order valence-corrected chi connectivity index (χ0v) is 13.8. The second-order valence-electron chi connectivity index (χ2n) is 6.16. The Kier molecular flexibility index (Phi) is 4.70. The average Bonchev–Trinajstić information content (AvgIpc) is 3.02. The molecule has 0 aromatic heterocycles. The fraction of sp³-hybridized carbons (Fsp3) is 0.316. The molecule has 0 radical (unpaired) electrons. The quantitative estimate of drug-likeness (QED) is 0.839. The van der Waals surface area contributed by atoms with Crippen LogP contribution in [-0.4, -0.2) is 24.5 Å². The van der Waals surface area contributed by atoms with Gasteiger partial charge in [-0.05, 0) is 34.9 Å². The van der Waals surface area contributed by atoms with Crippen molar-refractivity contribution in [1.82, 2.24) is 4.90 Å². The van der Waals surface area contributed by atoms with Crippen molar-refractivity contribution in [2.24, 2.45) is 0 Å². The summed E-state index contributed by atoms with van der Waals surface area (Å²) in [6.45, 7) is 0.936.